The lowest BCUT2D eigenvalue weighted by Crippen LogP contribution is -2.60. The third-order valence-electron chi connectivity index (χ3n) is 10.9. The van der Waals surface area contributed by atoms with E-state index in [4.69, 9.17) is 15.9 Å². The summed E-state index contributed by atoms with van der Waals surface area (Å²) < 4.78 is 0. The van der Waals surface area contributed by atoms with Gasteiger partial charge in [0.15, 0.2) is 0 Å². The SMILES string of the molecule is CC(C)C[C@H](NC(=O)[C@H](C)NC(=O)[C@H](CC(=O)O)NC(=O)[C@H](CC(C)C)NC(=O)[C@@H](N)CC(=O)O)C(=O)N[C@@H](CC(C)C)C(=O)N[C@@H](C)C(=O)N[C@@H](CC(=O)O)C(=O)N[C@@H](CC(C)C)C(=O)N[C@@H](CCC(=O)O)C(=O)O. The summed E-state index contributed by atoms with van der Waals surface area (Å²) in [4.78, 5) is 178. The number of carboxylic acid groups (broad SMARTS) is 5. The highest BCUT2D eigenvalue weighted by Gasteiger charge is 2.36. The largest absolute Gasteiger partial charge is 0.481 e. The number of carboxylic acids is 5. The molecule has 0 fully saturated rings. The average Bonchev–Trinajstić information content (AvgIpc) is 3.27. The molecule has 0 aromatic carbocycles. The minimum Gasteiger partial charge on any atom is -0.481 e. The highest BCUT2D eigenvalue weighted by molar-refractivity contribution is 5.99. The van der Waals surface area contributed by atoms with Crippen LogP contribution in [-0.2, 0) is 67.1 Å². The minimum atomic E-state index is -1.85. The Morgan fingerprint density at radius 1 is 0.316 bits per heavy atom. The molecular formula is C47H78N10O19. The molecule has 0 spiro atoms. The summed E-state index contributed by atoms with van der Waals surface area (Å²) in [7, 11) is 0. The van der Waals surface area contributed by atoms with Crippen molar-refractivity contribution in [2.75, 3.05) is 0 Å². The Hall–Kier alpha value is -7.46. The van der Waals surface area contributed by atoms with Crippen molar-refractivity contribution in [2.45, 2.75) is 187 Å². The molecule has 0 aromatic rings. The molecule has 29 nitrogen and oxygen atoms in total. The van der Waals surface area contributed by atoms with E-state index in [9.17, 15) is 82.4 Å². The normalized spacial score (nSPS) is 15.1. The van der Waals surface area contributed by atoms with E-state index >= 15 is 0 Å². The van der Waals surface area contributed by atoms with Crippen LogP contribution in [0.15, 0.2) is 0 Å². The number of amides is 9. The summed E-state index contributed by atoms with van der Waals surface area (Å²) in [6, 6.07) is -15.4. The van der Waals surface area contributed by atoms with Gasteiger partial charge in [-0.1, -0.05) is 55.4 Å². The van der Waals surface area contributed by atoms with Gasteiger partial charge in [0.05, 0.1) is 25.3 Å². The van der Waals surface area contributed by atoms with Crippen molar-refractivity contribution >= 4 is 83.0 Å². The van der Waals surface area contributed by atoms with Crippen LogP contribution in [0.2, 0.25) is 0 Å². The van der Waals surface area contributed by atoms with Gasteiger partial charge in [-0.3, -0.25) is 62.3 Å². The van der Waals surface area contributed by atoms with E-state index in [0.717, 1.165) is 0 Å². The van der Waals surface area contributed by atoms with Crippen molar-refractivity contribution in [2.24, 2.45) is 29.4 Å². The van der Waals surface area contributed by atoms with Crippen LogP contribution in [0.4, 0.5) is 0 Å². The Morgan fingerprint density at radius 3 is 0.868 bits per heavy atom. The predicted molar refractivity (Wildman–Crippen MR) is 266 cm³/mol. The average molecular weight is 1090 g/mol. The van der Waals surface area contributed by atoms with Crippen molar-refractivity contribution in [3.05, 3.63) is 0 Å². The molecule has 0 aliphatic heterocycles. The second-order valence-corrected chi connectivity index (χ2v) is 20.1. The lowest BCUT2D eigenvalue weighted by molar-refractivity contribution is -0.144. The maximum Gasteiger partial charge on any atom is 0.326 e. The van der Waals surface area contributed by atoms with Gasteiger partial charge in [-0.15, -0.1) is 0 Å². The van der Waals surface area contributed by atoms with Crippen LogP contribution in [0.3, 0.4) is 0 Å². The molecule has 0 aromatic heterocycles. The standard InChI is InChI=1S/C47H78N10O19/c1-20(2)13-28(41(69)49-25(10)39(67)53-33(19-37(64)65)46(74)56-31(16-23(7)8)43(71)51-27(47(75)76)11-12-34(58)59)55-44(72)29(14-21(3)4)52-38(66)24(9)50-42(70)32(18-36(62)63)57-45(73)30(15-22(5)6)54-40(68)26(48)17-35(60)61/h20-33H,11-19,48H2,1-10H3,(H,49,69)(H,50,70)(H,51,71)(H,52,66)(H,53,67)(H,54,68)(H,55,72)(H,56,74)(H,57,73)(H,58,59)(H,60,61)(H,62,63)(H,64,65)(H,75,76)/t24-,25-,26-,27-,28-,29-,30-,31-,32-,33-/m0/s1. The Labute approximate surface area is 439 Å². The Kier molecular flexibility index (Phi) is 30.2. The van der Waals surface area contributed by atoms with Crippen molar-refractivity contribution in [3.63, 3.8) is 0 Å². The highest BCUT2D eigenvalue weighted by atomic mass is 16.4. The van der Waals surface area contributed by atoms with Gasteiger partial charge in [0, 0.05) is 6.42 Å². The molecule has 0 saturated carbocycles. The quantitative estimate of drug-likeness (QED) is 0.0303. The second kappa shape index (κ2) is 33.5. The molecule has 9 amide bonds. The first kappa shape index (κ1) is 68.5. The van der Waals surface area contributed by atoms with Crippen LogP contribution < -0.4 is 53.6 Å². The van der Waals surface area contributed by atoms with E-state index in [1.807, 2.05) is 0 Å². The van der Waals surface area contributed by atoms with Crippen molar-refractivity contribution in [1.82, 2.24) is 47.9 Å². The minimum absolute atomic E-state index is 0.0264. The van der Waals surface area contributed by atoms with Gasteiger partial charge in [-0.25, -0.2) is 4.79 Å². The number of hydrogen-bond donors (Lipinski definition) is 15. The first-order valence-corrected chi connectivity index (χ1v) is 24.6. The van der Waals surface area contributed by atoms with E-state index < -0.39 is 176 Å². The Morgan fingerprint density at radius 2 is 0.566 bits per heavy atom. The van der Waals surface area contributed by atoms with Crippen LogP contribution in [-0.4, -0.2) is 169 Å². The topological polar surface area (TPSA) is 474 Å². The van der Waals surface area contributed by atoms with Gasteiger partial charge >= 0.3 is 29.8 Å². The molecule has 0 aliphatic carbocycles. The first-order chi connectivity index (χ1) is 35.0. The van der Waals surface area contributed by atoms with E-state index in [0.29, 0.717) is 0 Å². The third-order valence-corrected chi connectivity index (χ3v) is 10.9. The molecule has 0 aliphatic rings. The highest BCUT2D eigenvalue weighted by Crippen LogP contribution is 2.12. The molecule has 0 heterocycles. The number of aliphatic carboxylic acids is 5. The number of carbonyl (C=O) groups excluding carboxylic acids is 9. The van der Waals surface area contributed by atoms with Crippen molar-refractivity contribution < 1.29 is 92.7 Å². The predicted octanol–water partition coefficient (Wildman–Crippen LogP) is -2.73. The monoisotopic (exact) mass is 1090 g/mol. The second-order valence-electron chi connectivity index (χ2n) is 20.1. The van der Waals surface area contributed by atoms with Gasteiger partial charge in [0.25, 0.3) is 0 Å². The van der Waals surface area contributed by atoms with Gasteiger partial charge in [0.1, 0.15) is 54.4 Å². The molecular weight excluding hydrogens is 1010 g/mol. The maximum atomic E-state index is 13.9. The Balaban J connectivity index is 6.28. The summed E-state index contributed by atoms with van der Waals surface area (Å²) in [5.74, 6) is -17.7. The van der Waals surface area contributed by atoms with E-state index in [-0.39, 0.29) is 49.4 Å². The van der Waals surface area contributed by atoms with E-state index in [2.05, 4.69) is 47.9 Å². The number of rotatable bonds is 36. The molecule has 16 N–H and O–H groups in total. The van der Waals surface area contributed by atoms with Crippen LogP contribution >= 0.6 is 0 Å². The smallest absolute Gasteiger partial charge is 0.326 e. The fraction of sp³-hybridized carbons (Fsp3) is 0.702. The zero-order valence-corrected chi connectivity index (χ0v) is 44.5. The van der Waals surface area contributed by atoms with E-state index in [1.165, 1.54) is 13.8 Å². The van der Waals surface area contributed by atoms with E-state index in [1.54, 1.807) is 55.4 Å². The molecule has 0 bridgehead atoms. The zero-order valence-electron chi connectivity index (χ0n) is 44.5. The van der Waals surface area contributed by atoms with Crippen LogP contribution in [0.25, 0.3) is 0 Å². The summed E-state index contributed by atoms with van der Waals surface area (Å²) in [5, 5.41) is 67.6. The van der Waals surface area contributed by atoms with Gasteiger partial charge in [0.2, 0.25) is 53.2 Å². The molecule has 0 unspecified atom stereocenters. The summed E-state index contributed by atoms with van der Waals surface area (Å²) in [6.07, 6.45) is -4.06. The molecule has 76 heavy (non-hydrogen) atoms. The summed E-state index contributed by atoms with van der Waals surface area (Å²) >= 11 is 0. The lowest BCUT2D eigenvalue weighted by atomic mass is 9.99. The molecule has 10 atom stereocenters. The van der Waals surface area contributed by atoms with Crippen LogP contribution in [0, 0.1) is 23.7 Å². The molecule has 0 saturated heterocycles. The Bertz CT molecular complexity index is 2100. The lowest BCUT2D eigenvalue weighted by Gasteiger charge is -2.28. The van der Waals surface area contributed by atoms with Crippen LogP contribution in [0.5, 0.6) is 0 Å². The van der Waals surface area contributed by atoms with Gasteiger partial charge in [-0.05, 0) is 69.6 Å². The van der Waals surface area contributed by atoms with Crippen molar-refractivity contribution in [1.29, 1.82) is 0 Å². The fourth-order valence-electron chi connectivity index (χ4n) is 7.11. The van der Waals surface area contributed by atoms with Crippen LogP contribution in [0.1, 0.15) is 127 Å². The van der Waals surface area contributed by atoms with Gasteiger partial charge < -0.3 is 79.1 Å². The maximum absolute atomic E-state index is 13.9. The fourth-order valence-corrected chi connectivity index (χ4v) is 7.11. The first-order valence-electron chi connectivity index (χ1n) is 24.6. The molecule has 0 rings (SSSR count). The van der Waals surface area contributed by atoms with Crippen molar-refractivity contribution in [3.8, 4) is 0 Å². The molecule has 29 heteroatoms. The number of hydrogen-bond acceptors (Lipinski definition) is 15. The number of carbonyl (C=O) groups is 14. The number of nitrogens with two attached hydrogens (primary N) is 1. The summed E-state index contributed by atoms with van der Waals surface area (Å²) in [5.41, 5.74) is 5.63. The number of nitrogens with one attached hydrogen (secondary N) is 9. The van der Waals surface area contributed by atoms with Gasteiger partial charge in [-0.2, -0.15) is 0 Å². The third kappa shape index (κ3) is 27.7. The molecule has 0 radical (unpaired) electrons. The molecule has 430 valence electrons. The zero-order chi connectivity index (χ0) is 58.9. The summed E-state index contributed by atoms with van der Waals surface area (Å²) in [6.45, 7) is 15.9.